The van der Waals surface area contributed by atoms with Gasteiger partial charge >= 0.3 is 0 Å². The normalized spacial score (nSPS) is 14.3. The van der Waals surface area contributed by atoms with Crippen molar-refractivity contribution >= 4 is 5.82 Å². The Morgan fingerprint density at radius 1 is 1.39 bits per heavy atom. The number of rotatable bonds is 7. The third-order valence-electron chi connectivity index (χ3n) is 3.11. The standard InChI is InChI=1S/C14H25N3O/c1-6-15-12(3)13-7-8-14(16-9-13)17(4)10-11(2)18-5/h7-9,11-12,15H,6,10H2,1-5H3. The van der Waals surface area contributed by atoms with Gasteiger partial charge in [-0.15, -0.1) is 0 Å². The second-order valence-electron chi connectivity index (χ2n) is 4.66. The summed E-state index contributed by atoms with van der Waals surface area (Å²) in [5.74, 6) is 0.978. The summed E-state index contributed by atoms with van der Waals surface area (Å²) < 4.78 is 5.26. The molecule has 0 aliphatic rings. The first-order valence-corrected chi connectivity index (χ1v) is 6.51. The Balaban J connectivity index is 2.64. The highest BCUT2D eigenvalue weighted by molar-refractivity contribution is 5.38. The molecule has 1 heterocycles. The molecule has 4 nitrogen and oxygen atoms in total. The maximum Gasteiger partial charge on any atom is 0.128 e. The summed E-state index contributed by atoms with van der Waals surface area (Å²) in [7, 11) is 3.76. The van der Waals surface area contributed by atoms with Crippen molar-refractivity contribution in [2.75, 3.05) is 32.1 Å². The van der Waals surface area contributed by atoms with Crippen LogP contribution < -0.4 is 10.2 Å². The van der Waals surface area contributed by atoms with Gasteiger partial charge in [-0.2, -0.15) is 0 Å². The largest absolute Gasteiger partial charge is 0.380 e. The number of hydrogen-bond donors (Lipinski definition) is 1. The first-order chi connectivity index (χ1) is 8.58. The molecular weight excluding hydrogens is 226 g/mol. The van der Waals surface area contributed by atoms with Crippen LogP contribution in [-0.2, 0) is 4.74 Å². The molecule has 4 heteroatoms. The van der Waals surface area contributed by atoms with Gasteiger partial charge in [0.05, 0.1) is 6.10 Å². The van der Waals surface area contributed by atoms with Crippen molar-refractivity contribution in [3.63, 3.8) is 0 Å². The zero-order valence-electron chi connectivity index (χ0n) is 12.1. The minimum absolute atomic E-state index is 0.206. The zero-order valence-corrected chi connectivity index (χ0v) is 12.1. The number of ether oxygens (including phenoxy) is 1. The summed E-state index contributed by atoms with van der Waals surface area (Å²) in [4.78, 5) is 6.61. The highest BCUT2D eigenvalue weighted by atomic mass is 16.5. The Morgan fingerprint density at radius 2 is 2.11 bits per heavy atom. The molecule has 0 bridgehead atoms. The number of nitrogens with zero attached hydrogens (tertiary/aromatic N) is 2. The quantitative estimate of drug-likeness (QED) is 0.806. The SMILES string of the molecule is CCNC(C)c1ccc(N(C)CC(C)OC)nc1. The van der Waals surface area contributed by atoms with E-state index in [1.807, 2.05) is 13.2 Å². The van der Waals surface area contributed by atoms with E-state index in [9.17, 15) is 0 Å². The zero-order chi connectivity index (χ0) is 13.5. The Labute approximate surface area is 110 Å². The summed E-state index contributed by atoms with van der Waals surface area (Å²) in [6.45, 7) is 8.12. The van der Waals surface area contributed by atoms with Crippen LogP contribution in [0.5, 0.6) is 0 Å². The minimum Gasteiger partial charge on any atom is -0.380 e. The van der Waals surface area contributed by atoms with Gasteiger partial charge in [0.15, 0.2) is 0 Å². The maximum atomic E-state index is 5.26. The minimum atomic E-state index is 0.206. The van der Waals surface area contributed by atoms with E-state index in [1.54, 1.807) is 7.11 Å². The summed E-state index contributed by atoms with van der Waals surface area (Å²) in [6, 6.07) is 4.54. The second kappa shape index (κ2) is 7.34. The predicted molar refractivity (Wildman–Crippen MR) is 76.1 cm³/mol. The average molecular weight is 251 g/mol. The fraction of sp³-hybridized carbons (Fsp3) is 0.643. The number of anilines is 1. The van der Waals surface area contributed by atoms with Crippen molar-refractivity contribution in [1.29, 1.82) is 0 Å². The first kappa shape index (κ1) is 14.9. The van der Waals surface area contributed by atoms with Crippen molar-refractivity contribution in [2.45, 2.75) is 32.9 Å². The molecule has 1 aromatic heterocycles. The number of methoxy groups -OCH3 is 1. The van der Waals surface area contributed by atoms with E-state index in [0.29, 0.717) is 6.04 Å². The van der Waals surface area contributed by atoms with Crippen LogP contribution in [0.3, 0.4) is 0 Å². The van der Waals surface area contributed by atoms with Crippen LogP contribution in [0.2, 0.25) is 0 Å². The highest BCUT2D eigenvalue weighted by Gasteiger charge is 2.09. The molecule has 0 aliphatic heterocycles. The Hall–Kier alpha value is -1.13. The van der Waals surface area contributed by atoms with Crippen molar-refractivity contribution in [2.24, 2.45) is 0 Å². The van der Waals surface area contributed by atoms with Gasteiger partial charge in [-0.3, -0.25) is 0 Å². The van der Waals surface area contributed by atoms with Crippen molar-refractivity contribution < 1.29 is 4.74 Å². The van der Waals surface area contributed by atoms with Crippen molar-refractivity contribution in [1.82, 2.24) is 10.3 Å². The summed E-state index contributed by atoms with van der Waals surface area (Å²) in [5, 5.41) is 3.38. The van der Waals surface area contributed by atoms with Crippen molar-refractivity contribution in [3.05, 3.63) is 23.9 Å². The Kier molecular flexibility index (Phi) is 6.09. The second-order valence-corrected chi connectivity index (χ2v) is 4.66. The van der Waals surface area contributed by atoms with Crippen LogP contribution in [0.15, 0.2) is 18.3 Å². The van der Waals surface area contributed by atoms with Gasteiger partial charge in [0.2, 0.25) is 0 Å². The van der Waals surface area contributed by atoms with Crippen LogP contribution in [-0.4, -0.2) is 38.3 Å². The number of pyridine rings is 1. The number of likely N-dealkylation sites (N-methyl/N-ethyl adjacent to an activating group) is 1. The van der Waals surface area contributed by atoms with E-state index in [0.717, 1.165) is 18.9 Å². The molecule has 1 N–H and O–H groups in total. The molecule has 0 spiro atoms. The lowest BCUT2D eigenvalue weighted by Crippen LogP contribution is -2.29. The molecule has 102 valence electrons. The molecule has 1 aromatic rings. The molecule has 0 amide bonds. The molecule has 0 fully saturated rings. The Bertz CT molecular complexity index is 339. The van der Waals surface area contributed by atoms with Gasteiger partial charge in [-0.25, -0.2) is 4.98 Å². The summed E-state index contributed by atoms with van der Waals surface area (Å²) in [5.41, 5.74) is 1.22. The molecule has 2 atom stereocenters. The van der Waals surface area contributed by atoms with Crippen molar-refractivity contribution in [3.8, 4) is 0 Å². The predicted octanol–water partition coefficient (Wildman–Crippen LogP) is 2.22. The molecule has 0 saturated heterocycles. The molecule has 2 unspecified atom stereocenters. The van der Waals surface area contributed by atoms with Gasteiger partial charge in [0.1, 0.15) is 5.82 Å². The molecule has 1 rings (SSSR count). The smallest absolute Gasteiger partial charge is 0.128 e. The lowest BCUT2D eigenvalue weighted by Gasteiger charge is -2.22. The van der Waals surface area contributed by atoms with Gasteiger partial charge < -0.3 is 15.0 Å². The van der Waals surface area contributed by atoms with Crippen LogP contribution in [0, 0.1) is 0 Å². The van der Waals surface area contributed by atoms with Crippen LogP contribution in [0.4, 0.5) is 5.82 Å². The third kappa shape index (κ3) is 4.27. The number of nitrogens with one attached hydrogen (secondary N) is 1. The van der Waals surface area contributed by atoms with Gasteiger partial charge in [-0.1, -0.05) is 13.0 Å². The fourth-order valence-corrected chi connectivity index (χ4v) is 1.86. The molecule has 0 radical (unpaired) electrons. The van der Waals surface area contributed by atoms with Gasteiger partial charge in [-0.05, 0) is 32.0 Å². The lowest BCUT2D eigenvalue weighted by molar-refractivity contribution is 0.124. The third-order valence-corrected chi connectivity index (χ3v) is 3.11. The molecular formula is C14H25N3O. The van der Waals surface area contributed by atoms with Crippen LogP contribution >= 0.6 is 0 Å². The van der Waals surface area contributed by atoms with Gasteiger partial charge in [0.25, 0.3) is 0 Å². The van der Waals surface area contributed by atoms with E-state index in [2.05, 4.69) is 48.1 Å². The summed E-state index contributed by atoms with van der Waals surface area (Å²) >= 11 is 0. The van der Waals surface area contributed by atoms with Crippen LogP contribution in [0.25, 0.3) is 0 Å². The lowest BCUT2D eigenvalue weighted by atomic mass is 10.1. The van der Waals surface area contributed by atoms with E-state index >= 15 is 0 Å². The van der Waals surface area contributed by atoms with E-state index < -0.39 is 0 Å². The fourth-order valence-electron chi connectivity index (χ4n) is 1.86. The maximum absolute atomic E-state index is 5.26. The molecule has 18 heavy (non-hydrogen) atoms. The first-order valence-electron chi connectivity index (χ1n) is 6.51. The highest BCUT2D eigenvalue weighted by Crippen LogP contribution is 2.15. The molecule has 0 saturated carbocycles. The Morgan fingerprint density at radius 3 is 2.61 bits per heavy atom. The van der Waals surface area contributed by atoms with Gasteiger partial charge in [0, 0.05) is 32.9 Å². The monoisotopic (exact) mass is 251 g/mol. The van der Waals surface area contributed by atoms with Crippen LogP contribution in [0.1, 0.15) is 32.4 Å². The summed E-state index contributed by atoms with van der Waals surface area (Å²) in [6.07, 6.45) is 2.15. The van der Waals surface area contributed by atoms with E-state index in [1.165, 1.54) is 5.56 Å². The van der Waals surface area contributed by atoms with E-state index in [-0.39, 0.29) is 6.10 Å². The topological polar surface area (TPSA) is 37.4 Å². The average Bonchev–Trinajstić information content (AvgIpc) is 2.39. The molecule has 0 aromatic carbocycles. The van der Waals surface area contributed by atoms with E-state index in [4.69, 9.17) is 4.74 Å². The molecule has 0 aliphatic carbocycles. The number of hydrogen-bond acceptors (Lipinski definition) is 4. The number of aromatic nitrogens is 1.